The summed E-state index contributed by atoms with van der Waals surface area (Å²) in [7, 11) is 0. The Bertz CT molecular complexity index is 719. The van der Waals surface area contributed by atoms with Crippen LogP contribution in [-0.4, -0.2) is 80.9 Å². The highest BCUT2D eigenvalue weighted by Crippen LogP contribution is 2.15. The molecule has 9 nitrogen and oxygen atoms in total. The van der Waals surface area contributed by atoms with Gasteiger partial charge in [0.15, 0.2) is 11.4 Å². The van der Waals surface area contributed by atoms with Gasteiger partial charge in [-0.05, 0) is 25.7 Å². The molecule has 1 aromatic rings. The maximum atomic E-state index is 12.7. The van der Waals surface area contributed by atoms with Gasteiger partial charge < -0.3 is 20.2 Å². The highest BCUT2D eigenvalue weighted by Gasteiger charge is 2.32. The molecule has 146 valence electrons. The first-order valence-electron chi connectivity index (χ1n) is 9.32. The van der Waals surface area contributed by atoms with E-state index in [-0.39, 0.29) is 29.7 Å². The molecule has 0 bridgehead atoms. The van der Waals surface area contributed by atoms with Crippen LogP contribution in [0.4, 0.5) is 0 Å². The predicted molar refractivity (Wildman–Crippen MR) is 95.9 cm³/mol. The summed E-state index contributed by atoms with van der Waals surface area (Å²) in [5.74, 6) is -0.939. The standard InChI is InChI=1S/C18H25N5O4/c1-12(24)23-10-5-13(14(25)11-23)21-17(26)15-16(20-7-6-19-15)18(27)22-8-3-2-4-9-22/h6-7,13-14,25H,2-5,8-11H2,1H3,(H,21,26)/t13-,14-/m1/s1. The number of β-amino-alcohol motifs (C(OH)–C–C–N with tert-alkyl or cyclic N) is 1. The van der Waals surface area contributed by atoms with Gasteiger partial charge in [0.25, 0.3) is 11.8 Å². The van der Waals surface area contributed by atoms with Gasteiger partial charge in [-0.2, -0.15) is 0 Å². The zero-order valence-corrected chi connectivity index (χ0v) is 15.4. The molecule has 3 heterocycles. The van der Waals surface area contributed by atoms with E-state index in [0.717, 1.165) is 19.3 Å². The molecule has 2 fully saturated rings. The molecule has 9 heteroatoms. The monoisotopic (exact) mass is 375 g/mol. The Balaban J connectivity index is 1.70. The van der Waals surface area contributed by atoms with Crippen LogP contribution in [0.2, 0.25) is 0 Å². The fourth-order valence-corrected chi connectivity index (χ4v) is 3.53. The molecule has 2 atom stereocenters. The van der Waals surface area contributed by atoms with E-state index >= 15 is 0 Å². The average Bonchev–Trinajstić information content (AvgIpc) is 2.69. The molecule has 3 rings (SSSR count). The van der Waals surface area contributed by atoms with Crippen LogP contribution < -0.4 is 5.32 Å². The van der Waals surface area contributed by atoms with Gasteiger partial charge in [-0.15, -0.1) is 0 Å². The second-order valence-corrected chi connectivity index (χ2v) is 7.01. The SMILES string of the molecule is CC(=O)N1CC[C@@H](NC(=O)c2nccnc2C(=O)N2CCCCC2)[C@H](O)C1. The maximum Gasteiger partial charge on any atom is 0.274 e. The maximum absolute atomic E-state index is 12.7. The topological polar surface area (TPSA) is 116 Å². The Labute approximate surface area is 157 Å². The molecule has 0 aromatic carbocycles. The molecule has 0 radical (unpaired) electrons. The van der Waals surface area contributed by atoms with Gasteiger partial charge >= 0.3 is 0 Å². The lowest BCUT2D eigenvalue weighted by atomic mass is 10.0. The summed E-state index contributed by atoms with van der Waals surface area (Å²) in [6.45, 7) is 3.37. The van der Waals surface area contributed by atoms with Crippen LogP contribution in [-0.2, 0) is 4.79 Å². The number of carbonyl (C=O) groups excluding carboxylic acids is 3. The number of hydrogen-bond acceptors (Lipinski definition) is 6. The van der Waals surface area contributed by atoms with Crippen molar-refractivity contribution in [3.63, 3.8) is 0 Å². The van der Waals surface area contributed by atoms with E-state index in [0.29, 0.717) is 26.1 Å². The molecule has 2 aliphatic rings. The molecule has 0 saturated carbocycles. The van der Waals surface area contributed by atoms with Crippen LogP contribution in [0.15, 0.2) is 12.4 Å². The summed E-state index contributed by atoms with van der Waals surface area (Å²) < 4.78 is 0. The van der Waals surface area contributed by atoms with Gasteiger partial charge in [0.2, 0.25) is 5.91 Å². The molecular formula is C18H25N5O4. The molecule has 2 N–H and O–H groups in total. The van der Waals surface area contributed by atoms with E-state index in [1.807, 2.05) is 0 Å². The Morgan fingerprint density at radius 3 is 2.33 bits per heavy atom. The van der Waals surface area contributed by atoms with E-state index in [1.165, 1.54) is 19.3 Å². The number of aliphatic hydroxyl groups is 1. The highest BCUT2D eigenvalue weighted by molar-refractivity contribution is 6.04. The Kier molecular flexibility index (Phi) is 6.00. The van der Waals surface area contributed by atoms with Crippen molar-refractivity contribution in [1.82, 2.24) is 25.1 Å². The van der Waals surface area contributed by atoms with Crippen molar-refractivity contribution >= 4 is 17.7 Å². The third-order valence-corrected chi connectivity index (χ3v) is 5.10. The minimum absolute atomic E-state index is 0.0331. The lowest BCUT2D eigenvalue weighted by Crippen LogP contribution is -2.55. The minimum atomic E-state index is -0.871. The van der Waals surface area contributed by atoms with Gasteiger partial charge in [-0.1, -0.05) is 0 Å². The van der Waals surface area contributed by atoms with Crippen molar-refractivity contribution in [3.05, 3.63) is 23.8 Å². The van der Waals surface area contributed by atoms with Crippen LogP contribution in [0.3, 0.4) is 0 Å². The van der Waals surface area contributed by atoms with Gasteiger partial charge in [0.05, 0.1) is 12.1 Å². The Hall–Kier alpha value is -2.55. The molecular weight excluding hydrogens is 350 g/mol. The van der Waals surface area contributed by atoms with Crippen LogP contribution in [0.25, 0.3) is 0 Å². The number of aliphatic hydroxyl groups excluding tert-OH is 1. The highest BCUT2D eigenvalue weighted by atomic mass is 16.3. The van der Waals surface area contributed by atoms with Crippen molar-refractivity contribution in [3.8, 4) is 0 Å². The summed E-state index contributed by atoms with van der Waals surface area (Å²) in [4.78, 5) is 48.3. The first-order valence-corrected chi connectivity index (χ1v) is 9.32. The van der Waals surface area contributed by atoms with E-state index in [9.17, 15) is 19.5 Å². The summed E-state index contributed by atoms with van der Waals surface area (Å²) in [5.41, 5.74) is 0.00170. The van der Waals surface area contributed by atoms with Gasteiger partial charge in [-0.25, -0.2) is 9.97 Å². The second-order valence-electron chi connectivity index (χ2n) is 7.01. The van der Waals surface area contributed by atoms with Gasteiger partial charge in [0, 0.05) is 45.5 Å². The van der Waals surface area contributed by atoms with Crippen molar-refractivity contribution in [2.24, 2.45) is 0 Å². The number of likely N-dealkylation sites (tertiary alicyclic amines) is 2. The van der Waals surface area contributed by atoms with E-state index in [2.05, 4.69) is 15.3 Å². The number of amides is 3. The number of rotatable bonds is 3. The largest absolute Gasteiger partial charge is 0.389 e. The first kappa shape index (κ1) is 19.2. The van der Waals surface area contributed by atoms with Crippen molar-refractivity contribution in [2.75, 3.05) is 26.2 Å². The fraction of sp³-hybridized carbons (Fsp3) is 0.611. The summed E-state index contributed by atoms with van der Waals surface area (Å²) >= 11 is 0. The molecule has 1 aromatic heterocycles. The lowest BCUT2D eigenvalue weighted by molar-refractivity contribution is -0.132. The second kappa shape index (κ2) is 8.43. The van der Waals surface area contributed by atoms with Crippen LogP contribution in [0.1, 0.15) is 53.6 Å². The van der Waals surface area contributed by atoms with Gasteiger partial charge in [-0.3, -0.25) is 14.4 Å². The quantitative estimate of drug-likeness (QED) is 0.757. The van der Waals surface area contributed by atoms with Crippen molar-refractivity contribution in [2.45, 2.75) is 44.8 Å². The zero-order valence-electron chi connectivity index (χ0n) is 15.4. The minimum Gasteiger partial charge on any atom is -0.389 e. The normalized spacial score (nSPS) is 23.0. The molecule has 3 amide bonds. The van der Waals surface area contributed by atoms with Crippen LogP contribution in [0.5, 0.6) is 0 Å². The molecule has 2 aliphatic heterocycles. The van der Waals surface area contributed by atoms with E-state index in [4.69, 9.17) is 0 Å². The number of hydrogen-bond donors (Lipinski definition) is 2. The molecule has 0 spiro atoms. The smallest absolute Gasteiger partial charge is 0.274 e. The van der Waals surface area contributed by atoms with Gasteiger partial charge in [0.1, 0.15) is 0 Å². The van der Waals surface area contributed by atoms with Crippen LogP contribution >= 0.6 is 0 Å². The predicted octanol–water partition coefficient (Wildman–Crippen LogP) is -0.186. The third kappa shape index (κ3) is 4.41. The van der Waals surface area contributed by atoms with E-state index < -0.39 is 18.1 Å². The number of piperidine rings is 2. The van der Waals surface area contributed by atoms with Crippen molar-refractivity contribution in [1.29, 1.82) is 0 Å². The Morgan fingerprint density at radius 2 is 1.70 bits per heavy atom. The summed E-state index contributed by atoms with van der Waals surface area (Å²) in [6, 6.07) is -0.506. The molecule has 0 unspecified atom stereocenters. The zero-order chi connectivity index (χ0) is 19.4. The van der Waals surface area contributed by atoms with Crippen LogP contribution in [0, 0.1) is 0 Å². The average molecular weight is 375 g/mol. The van der Waals surface area contributed by atoms with Crippen molar-refractivity contribution < 1.29 is 19.5 Å². The Morgan fingerprint density at radius 1 is 1.04 bits per heavy atom. The number of aromatic nitrogens is 2. The molecule has 27 heavy (non-hydrogen) atoms. The number of nitrogens with one attached hydrogen (secondary N) is 1. The third-order valence-electron chi connectivity index (χ3n) is 5.10. The number of carbonyl (C=O) groups is 3. The van der Waals surface area contributed by atoms with E-state index in [1.54, 1.807) is 9.80 Å². The molecule has 0 aliphatic carbocycles. The number of nitrogens with zero attached hydrogens (tertiary/aromatic N) is 4. The molecule has 2 saturated heterocycles. The summed E-state index contributed by atoms with van der Waals surface area (Å²) in [5, 5.41) is 13.0. The fourth-order valence-electron chi connectivity index (χ4n) is 3.53. The first-order chi connectivity index (χ1) is 13.0. The lowest BCUT2D eigenvalue weighted by Gasteiger charge is -2.35. The summed E-state index contributed by atoms with van der Waals surface area (Å²) in [6.07, 6.45) is 5.30.